The van der Waals surface area contributed by atoms with E-state index in [1.807, 2.05) is 6.07 Å². The first-order valence-corrected chi connectivity index (χ1v) is 7.43. The lowest BCUT2D eigenvalue weighted by molar-refractivity contribution is -0.129. The van der Waals surface area contributed by atoms with Crippen LogP contribution in [0.25, 0.3) is 0 Å². The summed E-state index contributed by atoms with van der Waals surface area (Å²) in [4.78, 5) is 17.0. The highest BCUT2D eigenvalue weighted by Gasteiger charge is 2.44. The molecule has 1 heterocycles. The molecule has 1 aliphatic rings. The first-order valence-electron chi connectivity index (χ1n) is 7.43. The van der Waals surface area contributed by atoms with E-state index in [4.69, 9.17) is 0 Å². The van der Waals surface area contributed by atoms with E-state index < -0.39 is 5.92 Å². The zero-order valence-electron chi connectivity index (χ0n) is 12.3. The molecule has 20 heavy (non-hydrogen) atoms. The predicted octanol–water partition coefficient (Wildman–Crippen LogP) is 3.86. The molecule has 106 valence electrons. The molecule has 2 rings (SSSR count). The molecule has 0 aliphatic heterocycles. The van der Waals surface area contributed by atoms with Crippen LogP contribution in [-0.2, 0) is 4.79 Å². The minimum atomic E-state index is -0.666. The Labute approximate surface area is 121 Å². The fourth-order valence-corrected chi connectivity index (χ4v) is 3.52. The molecule has 1 aromatic rings. The molecule has 0 amide bonds. The molecule has 1 aliphatic carbocycles. The number of nitrogens with zero attached hydrogens (tertiary/aromatic N) is 2. The zero-order chi connectivity index (χ0) is 14.6. The number of carbonyl (C=O) groups excluding carboxylic acids is 1. The van der Waals surface area contributed by atoms with Crippen molar-refractivity contribution < 1.29 is 4.79 Å². The number of hydrogen-bond acceptors (Lipinski definition) is 3. The Kier molecular flexibility index (Phi) is 4.54. The number of aromatic nitrogens is 1. The number of nitriles is 1. The maximum atomic E-state index is 13.0. The smallest absolute Gasteiger partial charge is 0.160 e. The van der Waals surface area contributed by atoms with Crippen molar-refractivity contribution in [3.05, 3.63) is 30.1 Å². The second kappa shape index (κ2) is 6.17. The van der Waals surface area contributed by atoms with E-state index in [-0.39, 0.29) is 11.2 Å². The van der Waals surface area contributed by atoms with E-state index in [1.165, 1.54) is 0 Å². The predicted molar refractivity (Wildman–Crippen MR) is 78.0 cm³/mol. The Bertz CT molecular complexity index is 495. The molecular weight excluding hydrogens is 248 g/mol. The summed E-state index contributed by atoms with van der Waals surface area (Å²) in [5, 5.41) is 9.46. The van der Waals surface area contributed by atoms with Crippen LogP contribution in [0.4, 0.5) is 0 Å². The molecule has 3 nitrogen and oxygen atoms in total. The third-order valence-corrected chi connectivity index (χ3v) is 4.29. The molecule has 0 spiro atoms. The van der Waals surface area contributed by atoms with Gasteiger partial charge in [0.05, 0.1) is 6.07 Å². The van der Waals surface area contributed by atoms with Gasteiger partial charge in [-0.1, -0.05) is 32.8 Å². The topological polar surface area (TPSA) is 53.8 Å². The van der Waals surface area contributed by atoms with Gasteiger partial charge in [0.15, 0.2) is 5.78 Å². The van der Waals surface area contributed by atoms with E-state index in [2.05, 4.69) is 24.9 Å². The average molecular weight is 270 g/mol. The van der Waals surface area contributed by atoms with E-state index in [0.29, 0.717) is 5.92 Å². The normalized spacial score (nSPS) is 18.7. The summed E-state index contributed by atoms with van der Waals surface area (Å²) in [5.41, 5.74) is 0.444. The van der Waals surface area contributed by atoms with Gasteiger partial charge in [-0.3, -0.25) is 9.78 Å². The lowest BCUT2D eigenvalue weighted by Gasteiger charge is -2.31. The van der Waals surface area contributed by atoms with Gasteiger partial charge in [0.2, 0.25) is 0 Å². The van der Waals surface area contributed by atoms with Crippen molar-refractivity contribution in [2.45, 2.75) is 51.9 Å². The summed E-state index contributed by atoms with van der Waals surface area (Å²) < 4.78 is 0. The van der Waals surface area contributed by atoms with Gasteiger partial charge in [-0.05, 0) is 36.8 Å². The van der Waals surface area contributed by atoms with E-state index in [0.717, 1.165) is 37.7 Å². The van der Waals surface area contributed by atoms with Crippen molar-refractivity contribution in [3.63, 3.8) is 0 Å². The fraction of sp³-hybridized carbons (Fsp3) is 0.588. The van der Waals surface area contributed by atoms with Crippen LogP contribution < -0.4 is 0 Å². The van der Waals surface area contributed by atoms with Gasteiger partial charge in [0.1, 0.15) is 5.92 Å². The highest BCUT2D eigenvalue weighted by Crippen LogP contribution is 2.46. The minimum Gasteiger partial charge on any atom is -0.297 e. The van der Waals surface area contributed by atoms with Crippen molar-refractivity contribution in [1.82, 2.24) is 4.98 Å². The number of rotatable bonds is 5. The number of carbonyl (C=O) groups is 1. The van der Waals surface area contributed by atoms with Crippen LogP contribution >= 0.6 is 0 Å². The largest absolute Gasteiger partial charge is 0.297 e. The van der Waals surface area contributed by atoms with Crippen molar-refractivity contribution >= 4 is 5.78 Å². The van der Waals surface area contributed by atoms with Gasteiger partial charge < -0.3 is 0 Å². The highest BCUT2D eigenvalue weighted by molar-refractivity contribution is 5.93. The first kappa shape index (κ1) is 14.7. The Morgan fingerprint density at radius 3 is 2.65 bits per heavy atom. The van der Waals surface area contributed by atoms with Gasteiger partial charge in [-0.15, -0.1) is 0 Å². The van der Waals surface area contributed by atoms with Crippen LogP contribution in [-0.4, -0.2) is 10.8 Å². The molecule has 0 aromatic carbocycles. The number of Topliss-reactive ketones (excluding diaryl/α,β-unsaturated/α-hetero) is 1. The van der Waals surface area contributed by atoms with Crippen molar-refractivity contribution in [2.75, 3.05) is 0 Å². The summed E-state index contributed by atoms with van der Waals surface area (Å²) in [7, 11) is 0. The summed E-state index contributed by atoms with van der Waals surface area (Å²) in [6, 6.07) is 5.82. The quantitative estimate of drug-likeness (QED) is 0.816. The molecule has 1 saturated carbocycles. The van der Waals surface area contributed by atoms with Crippen LogP contribution in [0.3, 0.4) is 0 Å². The van der Waals surface area contributed by atoms with Crippen molar-refractivity contribution in [2.24, 2.45) is 11.3 Å². The van der Waals surface area contributed by atoms with Crippen molar-refractivity contribution in [1.29, 1.82) is 5.26 Å². The van der Waals surface area contributed by atoms with E-state index in [1.54, 1.807) is 18.5 Å². The standard InChI is InChI=1S/C17H22N2O/c1-13(2)10-17(7-3-4-8-17)16(20)15(11-18)14-6-5-9-19-12-14/h5-6,9,12-13,15H,3-4,7-8,10H2,1-2H3. The third kappa shape index (κ3) is 2.90. The van der Waals surface area contributed by atoms with Gasteiger partial charge in [0, 0.05) is 17.8 Å². The van der Waals surface area contributed by atoms with Crippen molar-refractivity contribution in [3.8, 4) is 6.07 Å². The van der Waals surface area contributed by atoms with E-state index >= 15 is 0 Å². The lowest BCUT2D eigenvalue weighted by Crippen LogP contribution is -2.33. The van der Waals surface area contributed by atoms with Gasteiger partial charge >= 0.3 is 0 Å². The maximum Gasteiger partial charge on any atom is 0.160 e. The third-order valence-electron chi connectivity index (χ3n) is 4.29. The Balaban J connectivity index is 2.29. The second-order valence-electron chi connectivity index (χ2n) is 6.30. The molecule has 0 N–H and O–H groups in total. The molecule has 0 radical (unpaired) electrons. The summed E-state index contributed by atoms with van der Waals surface area (Å²) in [6.45, 7) is 4.30. The Hall–Kier alpha value is -1.69. The molecule has 1 unspecified atom stereocenters. The number of ketones is 1. The molecule has 0 bridgehead atoms. The molecular formula is C17H22N2O. The molecule has 0 saturated heterocycles. The van der Waals surface area contributed by atoms with Crippen LogP contribution in [0.15, 0.2) is 24.5 Å². The summed E-state index contributed by atoms with van der Waals surface area (Å²) in [6.07, 6.45) is 8.27. The fourth-order valence-electron chi connectivity index (χ4n) is 3.52. The van der Waals surface area contributed by atoms with Crippen LogP contribution in [0, 0.1) is 22.7 Å². The molecule has 1 fully saturated rings. The lowest BCUT2D eigenvalue weighted by atomic mass is 9.70. The Morgan fingerprint density at radius 2 is 2.15 bits per heavy atom. The van der Waals surface area contributed by atoms with Gasteiger partial charge in [-0.2, -0.15) is 5.26 Å². The first-order chi connectivity index (χ1) is 9.59. The molecule has 1 aromatic heterocycles. The Morgan fingerprint density at radius 1 is 1.45 bits per heavy atom. The van der Waals surface area contributed by atoms with Gasteiger partial charge in [0.25, 0.3) is 0 Å². The second-order valence-corrected chi connectivity index (χ2v) is 6.30. The highest BCUT2D eigenvalue weighted by atomic mass is 16.1. The van der Waals surface area contributed by atoms with Gasteiger partial charge in [-0.25, -0.2) is 0 Å². The van der Waals surface area contributed by atoms with Crippen LogP contribution in [0.2, 0.25) is 0 Å². The SMILES string of the molecule is CC(C)CC1(C(=O)C(C#N)c2cccnc2)CCCC1. The number of hydrogen-bond donors (Lipinski definition) is 0. The van der Waals surface area contributed by atoms with Crippen LogP contribution in [0.1, 0.15) is 57.4 Å². The summed E-state index contributed by atoms with van der Waals surface area (Å²) >= 11 is 0. The molecule has 3 heteroatoms. The minimum absolute atomic E-state index is 0.110. The monoisotopic (exact) mass is 270 g/mol. The summed E-state index contributed by atoms with van der Waals surface area (Å²) in [5.74, 6) is -0.0787. The molecule has 1 atom stereocenters. The zero-order valence-corrected chi connectivity index (χ0v) is 12.3. The maximum absolute atomic E-state index is 13.0. The average Bonchev–Trinajstić information content (AvgIpc) is 2.89. The van der Waals surface area contributed by atoms with Crippen LogP contribution in [0.5, 0.6) is 0 Å². The number of pyridine rings is 1. The van der Waals surface area contributed by atoms with E-state index in [9.17, 15) is 10.1 Å².